The normalized spacial score (nSPS) is 16.7. The molecule has 0 unspecified atom stereocenters. The summed E-state index contributed by atoms with van der Waals surface area (Å²) in [5.41, 5.74) is 3.48. The molecule has 0 saturated carbocycles. The minimum absolute atomic E-state index is 0.123. The molecule has 0 spiro atoms. The van der Waals surface area contributed by atoms with Crippen molar-refractivity contribution in [1.82, 2.24) is 20.0 Å². The Morgan fingerprint density at radius 3 is 2.70 bits per heavy atom. The third kappa shape index (κ3) is 3.20. The van der Waals surface area contributed by atoms with E-state index in [1.165, 1.54) is 24.3 Å². The van der Waals surface area contributed by atoms with E-state index in [4.69, 9.17) is 9.51 Å². The summed E-state index contributed by atoms with van der Waals surface area (Å²) in [5, 5.41) is 3.97. The number of carbonyl (C=O) groups excluding carboxylic acids is 1. The number of aryl methyl sites for hydroxylation is 2. The van der Waals surface area contributed by atoms with Gasteiger partial charge in [0.1, 0.15) is 11.6 Å². The maximum absolute atomic E-state index is 13.2. The molecule has 0 bridgehead atoms. The Kier molecular flexibility index (Phi) is 4.43. The molecule has 138 valence electrons. The van der Waals surface area contributed by atoms with Crippen LogP contribution in [0.2, 0.25) is 0 Å². The molecule has 1 aromatic carbocycles. The average molecular weight is 366 g/mol. The van der Waals surface area contributed by atoms with Crippen molar-refractivity contribution in [1.29, 1.82) is 0 Å². The zero-order valence-corrected chi connectivity index (χ0v) is 15.1. The van der Waals surface area contributed by atoms with E-state index < -0.39 is 0 Å². The molecule has 27 heavy (non-hydrogen) atoms. The molecular weight excluding hydrogens is 347 g/mol. The fraction of sp³-hybridized carbons (Fsp3) is 0.300. The third-order valence-electron chi connectivity index (χ3n) is 4.89. The van der Waals surface area contributed by atoms with Crippen LogP contribution in [-0.4, -0.2) is 32.5 Å². The first kappa shape index (κ1) is 17.3. The first-order valence-corrected chi connectivity index (χ1v) is 8.86. The molecular formula is C20H19FN4O2. The number of likely N-dealkylation sites (tertiary alicyclic amines) is 1. The average Bonchev–Trinajstić information content (AvgIpc) is 3.29. The van der Waals surface area contributed by atoms with Crippen molar-refractivity contribution >= 4 is 5.91 Å². The molecule has 1 amide bonds. The van der Waals surface area contributed by atoms with Crippen LogP contribution in [0, 0.1) is 19.7 Å². The molecule has 4 rings (SSSR count). The van der Waals surface area contributed by atoms with Crippen molar-refractivity contribution in [3.05, 3.63) is 65.2 Å². The summed E-state index contributed by atoms with van der Waals surface area (Å²) < 4.78 is 18.4. The number of nitrogens with zero attached hydrogens (tertiary/aromatic N) is 4. The number of amides is 1. The number of halogens is 1. The molecule has 2 aromatic heterocycles. The van der Waals surface area contributed by atoms with E-state index in [9.17, 15) is 9.18 Å². The minimum atomic E-state index is -0.359. The van der Waals surface area contributed by atoms with E-state index >= 15 is 0 Å². The molecule has 1 saturated heterocycles. The molecule has 3 aromatic rings. The quantitative estimate of drug-likeness (QED) is 0.704. The highest BCUT2D eigenvalue weighted by molar-refractivity contribution is 5.94. The first-order valence-electron chi connectivity index (χ1n) is 8.86. The molecule has 3 heterocycles. The van der Waals surface area contributed by atoms with Crippen LogP contribution in [0.4, 0.5) is 4.39 Å². The Bertz CT molecular complexity index is 964. The van der Waals surface area contributed by atoms with Crippen LogP contribution in [0.1, 0.15) is 46.4 Å². The van der Waals surface area contributed by atoms with Crippen LogP contribution in [0.15, 0.2) is 41.2 Å². The zero-order chi connectivity index (χ0) is 19.0. The molecule has 1 aliphatic heterocycles. The largest absolute Gasteiger partial charge is 0.361 e. The van der Waals surface area contributed by atoms with E-state index in [1.807, 2.05) is 13.8 Å². The molecule has 1 atom stereocenters. The fourth-order valence-electron chi connectivity index (χ4n) is 3.59. The number of benzene rings is 1. The summed E-state index contributed by atoms with van der Waals surface area (Å²) >= 11 is 0. The van der Waals surface area contributed by atoms with Gasteiger partial charge in [-0.3, -0.25) is 9.78 Å². The predicted molar refractivity (Wildman–Crippen MR) is 96.4 cm³/mol. The number of rotatable bonds is 3. The highest BCUT2D eigenvalue weighted by atomic mass is 19.1. The summed E-state index contributed by atoms with van der Waals surface area (Å²) in [6.07, 6.45) is 5.07. The van der Waals surface area contributed by atoms with Gasteiger partial charge in [0.15, 0.2) is 0 Å². The highest BCUT2D eigenvalue weighted by Crippen LogP contribution is 2.33. The standard InChI is InChI=1S/C20H19FN4O2/c1-12-19(13(2)27-24-12)17-11-22-10-16(23-17)18-4-3-9-25(18)20(26)14-5-7-15(21)8-6-14/h5-8,10-11,18H,3-4,9H2,1-2H3/t18-/m0/s1. The number of hydrogen-bond acceptors (Lipinski definition) is 5. The van der Waals surface area contributed by atoms with E-state index in [1.54, 1.807) is 17.3 Å². The smallest absolute Gasteiger partial charge is 0.254 e. The summed E-state index contributed by atoms with van der Waals surface area (Å²) in [6, 6.07) is 5.47. The van der Waals surface area contributed by atoms with E-state index in [0.29, 0.717) is 23.6 Å². The van der Waals surface area contributed by atoms with Crippen LogP contribution in [0.5, 0.6) is 0 Å². The Balaban J connectivity index is 1.65. The van der Waals surface area contributed by atoms with Gasteiger partial charge in [-0.05, 0) is 51.0 Å². The van der Waals surface area contributed by atoms with Crippen molar-refractivity contribution in [3.63, 3.8) is 0 Å². The van der Waals surface area contributed by atoms with Gasteiger partial charge in [0, 0.05) is 12.1 Å². The molecule has 7 heteroatoms. The summed E-state index contributed by atoms with van der Waals surface area (Å²) in [7, 11) is 0. The Morgan fingerprint density at radius 2 is 2.00 bits per heavy atom. The SMILES string of the molecule is Cc1noc(C)c1-c1cncc([C@@H]2CCCN2C(=O)c2ccc(F)cc2)n1. The Hall–Kier alpha value is -3.09. The lowest BCUT2D eigenvalue weighted by molar-refractivity contribution is 0.0732. The minimum Gasteiger partial charge on any atom is -0.361 e. The van der Waals surface area contributed by atoms with Gasteiger partial charge in [-0.15, -0.1) is 0 Å². The third-order valence-corrected chi connectivity index (χ3v) is 4.89. The van der Waals surface area contributed by atoms with Crippen LogP contribution < -0.4 is 0 Å². The van der Waals surface area contributed by atoms with Gasteiger partial charge >= 0.3 is 0 Å². The highest BCUT2D eigenvalue weighted by Gasteiger charge is 2.32. The molecule has 1 fully saturated rings. The van der Waals surface area contributed by atoms with E-state index in [0.717, 1.165) is 29.8 Å². The van der Waals surface area contributed by atoms with Gasteiger partial charge in [0.25, 0.3) is 5.91 Å². The lowest BCUT2D eigenvalue weighted by Gasteiger charge is -2.24. The van der Waals surface area contributed by atoms with Gasteiger partial charge in [-0.1, -0.05) is 5.16 Å². The monoisotopic (exact) mass is 366 g/mol. The first-order chi connectivity index (χ1) is 13.0. The second-order valence-electron chi connectivity index (χ2n) is 6.69. The predicted octanol–water partition coefficient (Wildman–Crippen LogP) is 3.86. The maximum atomic E-state index is 13.2. The van der Waals surface area contributed by atoms with Crippen LogP contribution in [-0.2, 0) is 0 Å². The fourth-order valence-corrected chi connectivity index (χ4v) is 3.59. The lowest BCUT2D eigenvalue weighted by atomic mass is 10.1. The van der Waals surface area contributed by atoms with Crippen molar-refractivity contribution in [3.8, 4) is 11.3 Å². The van der Waals surface area contributed by atoms with Crippen LogP contribution in [0.3, 0.4) is 0 Å². The van der Waals surface area contributed by atoms with Gasteiger partial charge in [0.2, 0.25) is 0 Å². The maximum Gasteiger partial charge on any atom is 0.254 e. The van der Waals surface area contributed by atoms with Crippen LogP contribution >= 0.6 is 0 Å². The van der Waals surface area contributed by atoms with Crippen LogP contribution in [0.25, 0.3) is 11.3 Å². The van der Waals surface area contributed by atoms with E-state index in [-0.39, 0.29) is 17.8 Å². The number of carbonyl (C=O) groups is 1. The lowest BCUT2D eigenvalue weighted by Crippen LogP contribution is -2.31. The zero-order valence-electron chi connectivity index (χ0n) is 15.1. The molecule has 0 aliphatic carbocycles. The summed E-state index contributed by atoms with van der Waals surface area (Å²) in [4.78, 5) is 23.7. The number of hydrogen-bond donors (Lipinski definition) is 0. The van der Waals surface area contributed by atoms with Crippen molar-refractivity contribution in [2.45, 2.75) is 32.7 Å². The second kappa shape index (κ2) is 6.90. The van der Waals surface area contributed by atoms with Gasteiger partial charge in [0.05, 0.1) is 41.1 Å². The van der Waals surface area contributed by atoms with Crippen molar-refractivity contribution < 1.29 is 13.7 Å². The summed E-state index contributed by atoms with van der Waals surface area (Å²) in [5.74, 6) is 0.203. The van der Waals surface area contributed by atoms with Gasteiger partial charge < -0.3 is 9.42 Å². The molecule has 0 radical (unpaired) electrons. The number of aromatic nitrogens is 3. The topological polar surface area (TPSA) is 72.1 Å². The van der Waals surface area contributed by atoms with E-state index in [2.05, 4.69) is 10.1 Å². The van der Waals surface area contributed by atoms with Crippen molar-refractivity contribution in [2.24, 2.45) is 0 Å². The van der Waals surface area contributed by atoms with Gasteiger partial charge in [-0.2, -0.15) is 0 Å². The molecule has 6 nitrogen and oxygen atoms in total. The Morgan fingerprint density at radius 1 is 1.22 bits per heavy atom. The second-order valence-corrected chi connectivity index (χ2v) is 6.69. The van der Waals surface area contributed by atoms with Crippen molar-refractivity contribution in [2.75, 3.05) is 6.54 Å². The summed E-state index contributed by atoms with van der Waals surface area (Å²) in [6.45, 7) is 4.34. The van der Waals surface area contributed by atoms with Gasteiger partial charge in [-0.25, -0.2) is 9.37 Å². The Labute approximate surface area is 156 Å². The molecule has 1 aliphatic rings. The molecule has 0 N–H and O–H groups in total.